The van der Waals surface area contributed by atoms with Crippen molar-refractivity contribution in [3.8, 4) is 0 Å². The van der Waals surface area contributed by atoms with Gasteiger partial charge in [0.1, 0.15) is 6.04 Å². The van der Waals surface area contributed by atoms with Gasteiger partial charge < -0.3 is 20.6 Å². The smallest absolute Gasteiger partial charge is 0.320 e. The lowest BCUT2D eigenvalue weighted by molar-refractivity contribution is -0.144. The molecule has 1 aliphatic heterocycles. The number of hydrogen-bond acceptors (Lipinski definition) is 9. The highest BCUT2D eigenvalue weighted by Gasteiger charge is 2.28. The zero-order valence-electron chi connectivity index (χ0n) is 19.5. The molecule has 0 amide bonds. The van der Waals surface area contributed by atoms with Crippen LogP contribution in [-0.2, 0) is 20.8 Å². The number of carbonyl (C=O) groups is 3. The lowest BCUT2D eigenvalue weighted by atomic mass is 10.0. The van der Waals surface area contributed by atoms with Gasteiger partial charge in [-0.25, -0.2) is 0 Å². The lowest BCUT2D eigenvalue weighted by Gasteiger charge is -2.30. The molecule has 2 rings (SSSR count). The highest BCUT2D eigenvalue weighted by molar-refractivity contribution is 5.73. The summed E-state index contributed by atoms with van der Waals surface area (Å²) in [6.45, 7) is 3.94. The van der Waals surface area contributed by atoms with Gasteiger partial charge in [-0.1, -0.05) is 13.3 Å². The SMILES string of the molecule is CCCc1c(NCCCC(C(=O)O)N2CCN(CC(=O)O)CCN(CC(=O)O)CC2)c(=O)c1=O. The summed E-state index contributed by atoms with van der Waals surface area (Å²) in [5, 5.41) is 31.1. The molecular weight excluding hydrogens is 448 g/mol. The van der Waals surface area contributed by atoms with E-state index < -0.39 is 34.8 Å². The zero-order chi connectivity index (χ0) is 25.3. The topological polar surface area (TPSA) is 168 Å². The van der Waals surface area contributed by atoms with Crippen molar-refractivity contribution in [3.05, 3.63) is 26.0 Å². The largest absolute Gasteiger partial charge is 0.480 e. The molecule has 1 aromatic rings. The highest BCUT2D eigenvalue weighted by atomic mass is 16.4. The maximum Gasteiger partial charge on any atom is 0.320 e. The maximum absolute atomic E-state index is 12.0. The van der Waals surface area contributed by atoms with Crippen LogP contribution in [0, 0.1) is 0 Å². The first-order valence-corrected chi connectivity index (χ1v) is 11.5. The molecule has 1 fully saturated rings. The van der Waals surface area contributed by atoms with Crippen molar-refractivity contribution < 1.29 is 29.7 Å². The predicted molar refractivity (Wildman–Crippen MR) is 124 cm³/mol. The average Bonchev–Trinajstić information content (AvgIpc) is 2.85. The molecule has 0 saturated carbocycles. The van der Waals surface area contributed by atoms with Crippen molar-refractivity contribution in [1.29, 1.82) is 0 Å². The van der Waals surface area contributed by atoms with Crippen LogP contribution < -0.4 is 16.2 Å². The van der Waals surface area contributed by atoms with Crippen LogP contribution in [-0.4, -0.2) is 113 Å². The molecule has 0 spiro atoms. The molecule has 0 aliphatic carbocycles. The van der Waals surface area contributed by atoms with E-state index in [0.717, 1.165) is 6.42 Å². The molecule has 1 saturated heterocycles. The van der Waals surface area contributed by atoms with E-state index in [1.807, 2.05) is 6.92 Å². The normalized spacial score (nSPS) is 17.6. The van der Waals surface area contributed by atoms with Gasteiger partial charge in [-0.15, -0.1) is 0 Å². The minimum Gasteiger partial charge on any atom is -0.480 e. The number of nitrogens with one attached hydrogen (secondary N) is 1. The van der Waals surface area contributed by atoms with Crippen molar-refractivity contribution in [2.24, 2.45) is 0 Å². The first-order valence-electron chi connectivity index (χ1n) is 11.5. The van der Waals surface area contributed by atoms with Crippen LogP contribution in [0.25, 0.3) is 0 Å². The van der Waals surface area contributed by atoms with Gasteiger partial charge in [0.25, 0.3) is 0 Å². The van der Waals surface area contributed by atoms with E-state index in [9.17, 15) is 29.1 Å². The van der Waals surface area contributed by atoms with Crippen molar-refractivity contribution >= 4 is 23.6 Å². The van der Waals surface area contributed by atoms with Crippen LogP contribution in [0.5, 0.6) is 0 Å². The summed E-state index contributed by atoms with van der Waals surface area (Å²) in [6.07, 6.45) is 1.99. The number of aliphatic carboxylic acids is 3. The molecule has 1 aliphatic rings. The van der Waals surface area contributed by atoms with Crippen LogP contribution in [0.4, 0.5) is 5.69 Å². The highest BCUT2D eigenvalue weighted by Crippen LogP contribution is 2.13. The van der Waals surface area contributed by atoms with Crippen LogP contribution >= 0.6 is 0 Å². The quantitative estimate of drug-likeness (QED) is 0.200. The fourth-order valence-electron chi connectivity index (χ4n) is 4.25. The monoisotopic (exact) mass is 482 g/mol. The minimum atomic E-state index is -1.02. The summed E-state index contributed by atoms with van der Waals surface area (Å²) in [6, 6.07) is -0.846. The third kappa shape index (κ3) is 7.89. The molecule has 0 radical (unpaired) electrons. The van der Waals surface area contributed by atoms with E-state index in [-0.39, 0.29) is 19.5 Å². The summed E-state index contributed by atoms with van der Waals surface area (Å²) in [7, 11) is 0. The lowest BCUT2D eigenvalue weighted by Crippen LogP contribution is -2.47. The Morgan fingerprint density at radius 3 is 1.88 bits per heavy atom. The Hall–Kier alpha value is -2.83. The Labute approximate surface area is 197 Å². The summed E-state index contributed by atoms with van der Waals surface area (Å²) in [4.78, 5) is 63.0. The number of carboxylic acids is 3. The standard InChI is InChI=1S/C22H34N4O8/c1-2-4-15-19(21(32)20(15)31)23-6-3-5-16(22(33)34)26-11-9-24(13-17(27)28)7-8-25(10-12-26)14-18(29)30/h16,23H,2-14H2,1H3,(H,27,28)(H,29,30)(H,33,34). The molecule has 0 bridgehead atoms. The molecule has 34 heavy (non-hydrogen) atoms. The molecule has 4 N–H and O–H groups in total. The van der Waals surface area contributed by atoms with Gasteiger partial charge in [-0.2, -0.15) is 0 Å². The maximum atomic E-state index is 12.0. The number of rotatable bonds is 13. The molecule has 1 unspecified atom stereocenters. The van der Waals surface area contributed by atoms with E-state index in [1.165, 1.54) is 0 Å². The van der Waals surface area contributed by atoms with Gasteiger partial charge in [-0.05, 0) is 19.3 Å². The second-order valence-corrected chi connectivity index (χ2v) is 8.56. The van der Waals surface area contributed by atoms with Gasteiger partial charge in [0.15, 0.2) is 0 Å². The molecule has 1 heterocycles. The summed E-state index contributed by atoms with van der Waals surface area (Å²) < 4.78 is 0. The van der Waals surface area contributed by atoms with Crippen LogP contribution in [0.15, 0.2) is 9.59 Å². The number of hydrogen-bond donors (Lipinski definition) is 4. The van der Waals surface area contributed by atoms with Gasteiger partial charge in [-0.3, -0.25) is 38.7 Å². The van der Waals surface area contributed by atoms with E-state index in [0.29, 0.717) is 69.9 Å². The molecule has 1 aromatic carbocycles. The number of nitrogens with zero attached hydrogens (tertiary/aromatic N) is 3. The number of anilines is 1. The Bertz CT molecular complexity index is 899. The number of carboxylic acid groups (broad SMARTS) is 3. The summed E-state index contributed by atoms with van der Waals surface area (Å²) >= 11 is 0. The molecule has 0 aromatic heterocycles. The zero-order valence-corrected chi connectivity index (χ0v) is 19.5. The average molecular weight is 483 g/mol. The summed E-state index contributed by atoms with van der Waals surface area (Å²) in [5.74, 6) is -3.02. The third-order valence-electron chi connectivity index (χ3n) is 6.05. The predicted octanol–water partition coefficient (Wildman–Crippen LogP) is -1.03. The van der Waals surface area contributed by atoms with Crippen LogP contribution in [0.3, 0.4) is 0 Å². The second-order valence-electron chi connectivity index (χ2n) is 8.56. The Kier molecular flexibility index (Phi) is 10.6. The second kappa shape index (κ2) is 13.2. The first-order chi connectivity index (χ1) is 16.1. The van der Waals surface area contributed by atoms with Crippen LogP contribution in [0.1, 0.15) is 31.7 Å². The van der Waals surface area contributed by atoms with Crippen molar-refractivity contribution in [1.82, 2.24) is 14.7 Å². The molecular formula is C22H34N4O8. The van der Waals surface area contributed by atoms with Gasteiger partial charge in [0.2, 0.25) is 10.9 Å². The van der Waals surface area contributed by atoms with E-state index >= 15 is 0 Å². The van der Waals surface area contributed by atoms with Crippen molar-refractivity contribution in [3.63, 3.8) is 0 Å². The first kappa shape index (κ1) is 27.4. The Balaban J connectivity index is 2.01. The fourth-order valence-corrected chi connectivity index (χ4v) is 4.25. The van der Waals surface area contributed by atoms with E-state index in [2.05, 4.69) is 5.32 Å². The fraction of sp³-hybridized carbons (Fsp3) is 0.682. The van der Waals surface area contributed by atoms with Gasteiger partial charge in [0.05, 0.1) is 18.8 Å². The minimum absolute atomic E-state index is 0.210. The Morgan fingerprint density at radius 1 is 0.882 bits per heavy atom. The van der Waals surface area contributed by atoms with Gasteiger partial charge >= 0.3 is 17.9 Å². The molecule has 1 atom stereocenters. The Morgan fingerprint density at radius 2 is 1.41 bits per heavy atom. The summed E-state index contributed by atoms with van der Waals surface area (Å²) in [5.41, 5.74) is -0.161. The molecule has 12 heteroatoms. The van der Waals surface area contributed by atoms with E-state index in [1.54, 1.807) is 14.7 Å². The molecule has 190 valence electrons. The third-order valence-corrected chi connectivity index (χ3v) is 6.05. The van der Waals surface area contributed by atoms with E-state index in [4.69, 9.17) is 10.2 Å². The molecule has 12 nitrogen and oxygen atoms in total. The van der Waals surface area contributed by atoms with Crippen LogP contribution in [0.2, 0.25) is 0 Å². The van der Waals surface area contributed by atoms with Crippen molar-refractivity contribution in [2.45, 2.75) is 38.6 Å². The van der Waals surface area contributed by atoms with Gasteiger partial charge in [0, 0.05) is 51.4 Å². The van der Waals surface area contributed by atoms with Crippen molar-refractivity contribution in [2.75, 3.05) is 64.2 Å².